The molecule has 0 aliphatic rings. The van der Waals surface area contributed by atoms with E-state index in [0.29, 0.717) is 11.3 Å². The van der Waals surface area contributed by atoms with Gasteiger partial charge in [0.05, 0.1) is 17.3 Å². The molecule has 0 spiro atoms. The maximum Gasteiger partial charge on any atom is 0.246 e. The molecule has 8 heteroatoms. The van der Waals surface area contributed by atoms with Crippen LogP contribution < -0.4 is 0 Å². The highest BCUT2D eigenvalue weighted by Gasteiger charge is 2.28. The van der Waals surface area contributed by atoms with Gasteiger partial charge in [0.2, 0.25) is 10.0 Å². The normalized spacial score (nSPS) is 12.0. The number of alkyl halides is 1. The van der Waals surface area contributed by atoms with Gasteiger partial charge in [0.1, 0.15) is 10.7 Å². The van der Waals surface area contributed by atoms with E-state index in [4.69, 9.17) is 11.6 Å². The van der Waals surface area contributed by atoms with E-state index < -0.39 is 15.8 Å². The Kier molecular flexibility index (Phi) is 4.65. The van der Waals surface area contributed by atoms with E-state index >= 15 is 0 Å². The van der Waals surface area contributed by atoms with Crippen LogP contribution in [0, 0.1) is 12.7 Å². The lowest BCUT2D eigenvalue weighted by Crippen LogP contribution is -2.28. The minimum atomic E-state index is -3.80. The smallest absolute Gasteiger partial charge is 0.246 e. The Bertz CT molecular complexity index is 746. The predicted molar refractivity (Wildman–Crippen MR) is 77.9 cm³/mol. The molecule has 0 aliphatic carbocycles. The van der Waals surface area contributed by atoms with Gasteiger partial charge < -0.3 is 0 Å². The van der Waals surface area contributed by atoms with Crippen molar-refractivity contribution in [2.75, 3.05) is 7.05 Å². The maximum absolute atomic E-state index is 13.6. The number of nitrogens with one attached hydrogen (secondary N) is 1. The zero-order valence-electron chi connectivity index (χ0n) is 11.6. The molecule has 0 saturated carbocycles. The molecule has 0 amide bonds. The molecule has 0 bridgehead atoms. The van der Waals surface area contributed by atoms with Gasteiger partial charge in [0, 0.05) is 19.2 Å². The number of nitrogens with zero attached hydrogens (tertiary/aromatic N) is 2. The van der Waals surface area contributed by atoms with Crippen LogP contribution in [0.3, 0.4) is 0 Å². The highest BCUT2D eigenvalue weighted by atomic mass is 35.5. The van der Waals surface area contributed by atoms with Gasteiger partial charge in [0.15, 0.2) is 0 Å². The molecule has 0 atom stereocenters. The third-order valence-electron chi connectivity index (χ3n) is 3.11. The van der Waals surface area contributed by atoms with E-state index in [1.165, 1.54) is 13.1 Å². The maximum atomic E-state index is 13.6. The summed E-state index contributed by atoms with van der Waals surface area (Å²) in [6.07, 6.45) is 0. The summed E-state index contributed by atoms with van der Waals surface area (Å²) in [5.74, 6) is -0.465. The second-order valence-corrected chi connectivity index (χ2v) is 6.86. The number of hydrogen-bond acceptors (Lipinski definition) is 3. The van der Waals surface area contributed by atoms with Crippen LogP contribution in [0.15, 0.2) is 29.2 Å². The van der Waals surface area contributed by atoms with Crippen molar-refractivity contribution in [1.29, 1.82) is 0 Å². The number of aromatic nitrogens is 2. The first-order chi connectivity index (χ1) is 9.87. The van der Waals surface area contributed by atoms with Crippen LogP contribution in [0.1, 0.15) is 17.0 Å². The second kappa shape index (κ2) is 6.13. The van der Waals surface area contributed by atoms with Crippen LogP contribution in [-0.4, -0.2) is 30.0 Å². The Balaban J connectivity index is 2.35. The first-order valence-electron chi connectivity index (χ1n) is 6.17. The van der Waals surface area contributed by atoms with Gasteiger partial charge in [-0.25, -0.2) is 12.8 Å². The molecule has 114 valence electrons. The molecular weight excluding hydrogens is 317 g/mol. The molecule has 0 aliphatic heterocycles. The highest BCUT2D eigenvalue weighted by molar-refractivity contribution is 7.89. The van der Waals surface area contributed by atoms with Crippen molar-refractivity contribution < 1.29 is 12.8 Å². The molecule has 5 nitrogen and oxygen atoms in total. The average molecular weight is 332 g/mol. The summed E-state index contributed by atoms with van der Waals surface area (Å²) in [6.45, 7) is 1.54. The lowest BCUT2D eigenvalue weighted by atomic mass is 10.2. The van der Waals surface area contributed by atoms with E-state index in [2.05, 4.69) is 10.2 Å². The molecule has 1 aromatic carbocycles. The fourth-order valence-electron chi connectivity index (χ4n) is 2.01. The Hall–Kier alpha value is -1.44. The molecular formula is C13H15ClFN3O2S. The third-order valence-corrected chi connectivity index (χ3v) is 5.37. The van der Waals surface area contributed by atoms with Gasteiger partial charge in [0.25, 0.3) is 0 Å². The highest BCUT2D eigenvalue weighted by Crippen LogP contribution is 2.24. The Morgan fingerprint density at radius 1 is 1.38 bits per heavy atom. The van der Waals surface area contributed by atoms with Crippen molar-refractivity contribution in [2.45, 2.75) is 24.2 Å². The summed E-state index contributed by atoms with van der Waals surface area (Å²) in [5.41, 5.74) is 0.970. The van der Waals surface area contributed by atoms with Gasteiger partial charge >= 0.3 is 0 Å². The zero-order chi connectivity index (χ0) is 15.6. The van der Waals surface area contributed by atoms with Crippen molar-refractivity contribution in [2.24, 2.45) is 0 Å². The number of halogens is 2. The largest absolute Gasteiger partial charge is 0.281 e. The summed E-state index contributed by atoms with van der Waals surface area (Å²) in [7, 11) is -2.40. The topological polar surface area (TPSA) is 66.1 Å². The van der Waals surface area contributed by atoms with E-state index in [1.54, 1.807) is 25.1 Å². The molecule has 1 N–H and O–H groups in total. The number of aromatic amines is 1. The summed E-state index contributed by atoms with van der Waals surface area (Å²) in [6, 6.07) is 6.06. The fourth-order valence-corrected chi connectivity index (χ4v) is 3.75. The monoisotopic (exact) mass is 331 g/mol. The van der Waals surface area contributed by atoms with Crippen molar-refractivity contribution >= 4 is 21.6 Å². The number of hydrogen-bond donors (Lipinski definition) is 1. The molecule has 0 radical (unpaired) electrons. The van der Waals surface area contributed by atoms with E-state index in [1.807, 2.05) is 0 Å². The predicted octanol–water partition coefficient (Wildman–Crippen LogP) is 2.42. The molecule has 1 heterocycles. The summed E-state index contributed by atoms with van der Waals surface area (Å²) >= 11 is 5.72. The van der Waals surface area contributed by atoms with Crippen molar-refractivity contribution in [3.8, 4) is 0 Å². The number of aryl methyl sites for hydroxylation is 1. The molecule has 1 aromatic heterocycles. The first kappa shape index (κ1) is 15.9. The number of benzene rings is 1. The molecule has 21 heavy (non-hydrogen) atoms. The summed E-state index contributed by atoms with van der Waals surface area (Å²) < 4.78 is 39.9. The minimum Gasteiger partial charge on any atom is -0.281 e. The van der Waals surface area contributed by atoms with E-state index in [9.17, 15) is 12.8 Å². The average Bonchev–Trinajstić information content (AvgIpc) is 2.83. The molecule has 0 saturated heterocycles. The van der Waals surface area contributed by atoms with Gasteiger partial charge in [-0.05, 0) is 13.0 Å². The molecule has 2 aromatic rings. The zero-order valence-corrected chi connectivity index (χ0v) is 13.2. The SMILES string of the molecule is Cc1[nH]nc(CCl)c1S(=O)(=O)N(C)Cc1ccccc1F. The number of sulfonamides is 1. The summed E-state index contributed by atoms with van der Waals surface area (Å²) in [5, 5.41) is 6.48. The van der Waals surface area contributed by atoms with Crippen LogP contribution in [0.5, 0.6) is 0 Å². The lowest BCUT2D eigenvalue weighted by Gasteiger charge is -2.18. The number of rotatable bonds is 5. The van der Waals surface area contributed by atoms with E-state index in [0.717, 1.165) is 4.31 Å². The summed E-state index contributed by atoms with van der Waals surface area (Å²) in [4.78, 5) is 0.0522. The standard InChI is InChI=1S/C13H15ClFN3O2S/c1-9-13(12(7-14)17-16-9)21(19,20)18(2)8-10-5-3-4-6-11(10)15/h3-6H,7-8H2,1-2H3,(H,16,17). The molecule has 0 unspecified atom stereocenters. The van der Waals surface area contributed by atoms with Crippen LogP contribution in [0.4, 0.5) is 4.39 Å². The molecule has 0 fully saturated rings. The van der Waals surface area contributed by atoms with Crippen molar-refractivity contribution in [1.82, 2.24) is 14.5 Å². The Labute approximate surface area is 127 Å². The minimum absolute atomic E-state index is 0.0214. The van der Waals surface area contributed by atoms with Crippen molar-refractivity contribution in [3.05, 3.63) is 47.0 Å². The van der Waals surface area contributed by atoms with Gasteiger partial charge in [-0.1, -0.05) is 18.2 Å². The van der Waals surface area contributed by atoms with Gasteiger partial charge in [-0.2, -0.15) is 9.40 Å². The quantitative estimate of drug-likeness (QED) is 0.856. The second-order valence-electron chi connectivity index (χ2n) is 4.61. The Morgan fingerprint density at radius 2 is 2.05 bits per heavy atom. The van der Waals surface area contributed by atoms with Crippen LogP contribution in [0.2, 0.25) is 0 Å². The Morgan fingerprint density at radius 3 is 2.67 bits per heavy atom. The number of H-pyrrole nitrogens is 1. The first-order valence-corrected chi connectivity index (χ1v) is 8.15. The fraction of sp³-hybridized carbons (Fsp3) is 0.308. The van der Waals surface area contributed by atoms with Gasteiger partial charge in [-0.15, -0.1) is 11.6 Å². The van der Waals surface area contributed by atoms with Gasteiger partial charge in [-0.3, -0.25) is 5.10 Å². The van der Waals surface area contributed by atoms with Crippen LogP contribution in [0.25, 0.3) is 0 Å². The van der Waals surface area contributed by atoms with Crippen LogP contribution >= 0.6 is 11.6 Å². The van der Waals surface area contributed by atoms with Crippen molar-refractivity contribution in [3.63, 3.8) is 0 Å². The van der Waals surface area contributed by atoms with E-state index in [-0.39, 0.29) is 23.0 Å². The lowest BCUT2D eigenvalue weighted by molar-refractivity contribution is 0.455. The molecule has 2 rings (SSSR count). The van der Waals surface area contributed by atoms with Crippen LogP contribution in [-0.2, 0) is 22.4 Å². The third kappa shape index (κ3) is 3.09.